The van der Waals surface area contributed by atoms with E-state index in [1.54, 1.807) is 11.3 Å². The maximum absolute atomic E-state index is 3.51. The van der Waals surface area contributed by atoms with E-state index in [0.29, 0.717) is 0 Å². The highest BCUT2D eigenvalue weighted by atomic mass is 79.9. The molecule has 1 saturated heterocycles. The molecule has 0 amide bonds. The highest BCUT2D eigenvalue weighted by Gasteiger charge is 2.29. The summed E-state index contributed by atoms with van der Waals surface area (Å²) < 4.78 is 1.23. The van der Waals surface area contributed by atoms with Crippen LogP contribution in [0.4, 0.5) is 0 Å². The Morgan fingerprint density at radius 3 is 3.00 bits per heavy atom. The first kappa shape index (κ1) is 11.6. The van der Waals surface area contributed by atoms with Gasteiger partial charge in [-0.25, -0.2) is 0 Å². The van der Waals surface area contributed by atoms with Crippen LogP contribution in [0.3, 0.4) is 0 Å². The van der Waals surface area contributed by atoms with Crippen molar-refractivity contribution in [2.75, 3.05) is 19.6 Å². The zero-order valence-electron chi connectivity index (χ0n) is 9.22. The molecule has 0 radical (unpaired) electrons. The second-order valence-electron chi connectivity index (χ2n) is 4.67. The van der Waals surface area contributed by atoms with Crippen LogP contribution in [0.2, 0.25) is 0 Å². The molecule has 4 heteroatoms. The molecule has 0 bridgehead atoms. The molecule has 0 spiro atoms. The molecule has 2 rings (SSSR count). The minimum absolute atomic E-state index is 0.270. The molecule has 0 aromatic carbocycles. The van der Waals surface area contributed by atoms with Crippen molar-refractivity contribution in [3.05, 3.63) is 20.8 Å². The first-order chi connectivity index (χ1) is 7.08. The number of nitrogens with one attached hydrogen (secondary N) is 1. The molecule has 1 aliphatic heterocycles. The molecule has 1 aromatic rings. The van der Waals surface area contributed by atoms with Crippen molar-refractivity contribution in [2.24, 2.45) is 0 Å². The predicted octanol–water partition coefficient (Wildman–Crippen LogP) is 2.69. The second-order valence-corrected chi connectivity index (χ2v) is 6.96. The molecule has 2 heterocycles. The Bertz CT molecular complexity index is 335. The Balaban J connectivity index is 2.04. The lowest BCUT2D eigenvalue weighted by Crippen LogP contribution is -2.57. The lowest BCUT2D eigenvalue weighted by Gasteiger charge is -2.42. The van der Waals surface area contributed by atoms with Gasteiger partial charge in [0.15, 0.2) is 0 Å². The Morgan fingerprint density at radius 1 is 1.60 bits per heavy atom. The summed E-state index contributed by atoms with van der Waals surface area (Å²) in [6.07, 6.45) is 0. The maximum atomic E-state index is 3.51. The van der Waals surface area contributed by atoms with Crippen LogP contribution >= 0.6 is 27.3 Å². The summed E-state index contributed by atoms with van der Waals surface area (Å²) in [5.74, 6) is 0. The highest BCUT2D eigenvalue weighted by Crippen LogP contribution is 2.25. The van der Waals surface area contributed by atoms with E-state index < -0.39 is 0 Å². The smallest absolute Gasteiger partial charge is 0.0701 e. The van der Waals surface area contributed by atoms with Gasteiger partial charge in [0.2, 0.25) is 0 Å². The van der Waals surface area contributed by atoms with Gasteiger partial charge >= 0.3 is 0 Å². The molecule has 1 aliphatic rings. The molecule has 1 fully saturated rings. The van der Waals surface area contributed by atoms with Crippen LogP contribution in [0.5, 0.6) is 0 Å². The van der Waals surface area contributed by atoms with Crippen molar-refractivity contribution in [1.29, 1.82) is 0 Å². The molecule has 0 aliphatic carbocycles. The number of piperazine rings is 1. The molecule has 0 saturated carbocycles. The SMILES string of the molecule is CC1(C)CNCCN1Cc1csc(Br)c1. The van der Waals surface area contributed by atoms with E-state index in [-0.39, 0.29) is 5.54 Å². The largest absolute Gasteiger partial charge is 0.314 e. The zero-order chi connectivity index (χ0) is 10.9. The molecular formula is C11H17BrN2S. The van der Waals surface area contributed by atoms with Gasteiger partial charge in [-0.1, -0.05) is 0 Å². The van der Waals surface area contributed by atoms with Crippen LogP contribution in [0.15, 0.2) is 15.2 Å². The van der Waals surface area contributed by atoms with Gasteiger partial charge in [-0.3, -0.25) is 4.90 Å². The minimum Gasteiger partial charge on any atom is -0.314 e. The zero-order valence-corrected chi connectivity index (χ0v) is 11.6. The van der Waals surface area contributed by atoms with Gasteiger partial charge in [-0.2, -0.15) is 0 Å². The summed E-state index contributed by atoms with van der Waals surface area (Å²) in [5, 5.41) is 5.69. The number of nitrogens with zero attached hydrogens (tertiary/aromatic N) is 1. The standard InChI is InChI=1S/C11H17BrN2S/c1-11(2)8-13-3-4-14(11)6-9-5-10(12)15-7-9/h5,7,13H,3-4,6,8H2,1-2H3. The lowest BCUT2D eigenvalue weighted by atomic mass is 10.00. The molecule has 0 atom stereocenters. The summed E-state index contributed by atoms with van der Waals surface area (Å²) >= 11 is 5.28. The summed E-state index contributed by atoms with van der Waals surface area (Å²) in [6, 6.07) is 2.22. The van der Waals surface area contributed by atoms with E-state index >= 15 is 0 Å². The number of rotatable bonds is 2. The van der Waals surface area contributed by atoms with E-state index in [1.165, 1.54) is 9.35 Å². The van der Waals surface area contributed by atoms with Crippen LogP contribution in [-0.2, 0) is 6.54 Å². The van der Waals surface area contributed by atoms with E-state index in [2.05, 4.69) is 51.4 Å². The van der Waals surface area contributed by atoms with Crippen LogP contribution < -0.4 is 5.32 Å². The third-order valence-corrected chi connectivity index (χ3v) is 4.52. The quantitative estimate of drug-likeness (QED) is 0.900. The summed E-state index contributed by atoms with van der Waals surface area (Å²) in [5.41, 5.74) is 1.69. The number of halogens is 1. The molecule has 15 heavy (non-hydrogen) atoms. The van der Waals surface area contributed by atoms with Gasteiger partial charge in [-0.05, 0) is 46.8 Å². The average molecular weight is 289 g/mol. The minimum atomic E-state index is 0.270. The third kappa shape index (κ3) is 2.81. The summed E-state index contributed by atoms with van der Waals surface area (Å²) in [4.78, 5) is 2.55. The normalized spacial score (nSPS) is 21.8. The molecule has 1 N–H and O–H groups in total. The number of hydrogen-bond acceptors (Lipinski definition) is 3. The van der Waals surface area contributed by atoms with Gasteiger partial charge in [0.1, 0.15) is 0 Å². The Labute approximate surface area is 104 Å². The van der Waals surface area contributed by atoms with Gasteiger partial charge in [0.25, 0.3) is 0 Å². The second kappa shape index (κ2) is 4.53. The van der Waals surface area contributed by atoms with Gasteiger partial charge < -0.3 is 5.32 Å². The Kier molecular flexibility index (Phi) is 3.50. The molecular weight excluding hydrogens is 272 g/mol. The Morgan fingerprint density at radius 2 is 2.40 bits per heavy atom. The van der Waals surface area contributed by atoms with Gasteiger partial charge in [0.05, 0.1) is 3.79 Å². The first-order valence-corrected chi connectivity index (χ1v) is 6.94. The van der Waals surface area contributed by atoms with Crippen LogP contribution in [-0.4, -0.2) is 30.1 Å². The van der Waals surface area contributed by atoms with E-state index in [9.17, 15) is 0 Å². The van der Waals surface area contributed by atoms with E-state index in [4.69, 9.17) is 0 Å². The van der Waals surface area contributed by atoms with Crippen molar-refractivity contribution in [3.8, 4) is 0 Å². The van der Waals surface area contributed by atoms with Gasteiger partial charge in [-0.15, -0.1) is 11.3 Å². The van der Waals surface area contributed by atoms with Crippen LogP contribution in [0.1, 0.15) is 19.4 Å². The molecule has 0 unspecified atom stereocenters. The Hall–Kier alpha value is 0.100. The highest BCUT2D eigenvalue weighted by molar-refractivity contribution is 9.11. The van der Waals surface area contributed by atoms with E-state index in [1.807, 2.05) is 0 Å². The maximum Gasteiger partial charge on any atom is 0.0701 e. The average Bonchev–Trinajstić information content (AvgIpc) is 2.55. The van der Waals surface area contributed by atoms with Crippen molar-refractivity contribution in [1.82, 2.24) is 10.2 Å². The van der Waals surface area contributed by atoms with Crippen LogP contribution in [0.25, 0.3) is 0 Å². The van der Waals surface area contributed by atoms with Gasteiger partial charge in [0, 0.05) is 31.7 Å². The topological polar surface area (TPSA) is 15.3 Å². The number of hydrogen-bond donors (Lipinski definition) is 1. The van der Waals surface area contributed by atoms with E-state index in [0.717, 1.165) is 26.2 Å². The van der Waals surface area contributed by atoms with Crippen molar-refractivity contribution >= 4 is 27.3 Å². The monoisotopic (exact) mass is 288 g/mol. The fourth-order valence-electron chi connectivity index (χ4n) is 1.96. The molecule has 2 nitrogen and oxygen atoms in total. The van der Waals surface area contributed by atoms with Crippen molar-refractivity contribution in [2.45, 2.75) is 25.9 Å². The van der Waals surface area contributed by atoms with Crippen LogP contribution in [0, 0.1) is 0 Å². The number of thiophene rings is 1. The lowest BCUT2D eigenvalue weighted by molar-refractivity contribution is 0.0829. The van der Waals surface area contributed by atoms with Crippen molar-refractivity contribution in [3.63, 3.8) is 0 Å². The fourth-order valence-corrected chi connectivity index (χ4v) is 3.17. The summed E-state index contributed by atoms with van der Waals surface area (Å²) in [7, 11) is 0. The summed E-state index contributed by atoms with van der Waals surface area (Å²) in [6.45, 7) is 9.01. The molecule has 84 valence electrons. The first-order valence-electron chi connectivity index (χ1n) is 5.27. The third-order valence-electron chi connectivity index (χ3n) is 2.97. The molecule has 1 aromatic heterocycles. The predicted molar refractivity (Wildman–Crippen MR) is 69.4 cm³/mol. The van der Waals surface area contributed by atoms with Crippen molar-refractivity contribution < 1.29 is 0 Å². The fraction of sp³-hybridized carbons (Fsp3) is 0.636.